The molecule has 32 heavy (non-hydrogen) atoms. The molecule has 0 aliphatic heterocycles. The summed E-state index contributed by atoms with van der Waals surface area (Å²) in [5.41, 5.74) is 2.99. The van der Waals surface area contributed by atoms with Gasteiger partial charge < -0.3 is 9.73 Å². The molecule has 0 unspecified atom stereocenters. The van der Waals surface area contributed by atoms with Gasteiger partial charge in [-0.3, -0.25) is 20.2 Å². The second-order valence-corrected chi connectivity index (χ2v) is 7.64. The molecule has 0 fully saturated rings. The van der Waals surface area contributed by atoms with E-state index >= 15 is 0 Å². The van der Waals surface area contributed by atoms with Crippen LogP contribution in [0.5, 0.6) is 0 Å². The number of amides is 1. The molecule has 4 rings (SSSR count). The fourth-order valence-corrected chi connectivity index (χ4v) is 3.54. The van der Waals surface area contributed by atoms with Crippen molar-refractivity contribution in [2.24, 2.45) is 0 Å². The Kier molecular flexibility index (Phi) is 5.85. The van der Waals surface area contributed by atoms with Gasteiger partial charge in [-0.15, -0.1) is 0 Å². The molecule has 10 heteroatoms. The molecule has 0 saturated heterocycles. The largest absolute Gasteiger partial charge is 0.436 e. The van der Waals surface area contributed by atoms with E-state index in [4.69, 9.17) is 28.2 Å². The number of nitrogens with zero attached hydrogens (tertiary/aromatic N) is 2. The minimum absolute atomic E-state index is 0.00209. The van der Waals surface area contributed by atoms with E-state index < -0.39 is 10.8 Å². The quantitative estimate of drug-likeness (QED) is 0.232. The van der Waals surface area contributed by atoms with Gasteiger partial charge >= 0.3 is 0 Å². The predicted octanol–water partition coefficient (Wildman–Crippen LogP) is 5.49. The Balaban J connectivity index is 1.55. The van der Waals surface area contributed by atoms with Crippen molar-refractivity contribution in [3.63, 3.8) is 0 Å². The number of hydrogen-bond donors (Lipinski definition) is 2. The summed E-state index contributed by atoms with van der Waals surface area (Å²) < 4.78 is 5.84. The average molecular weight is 467 g/mol. The zero-order chi connectivity index (χ0) is 22.8. The van der Waals surface area contributed by atoms with Crippen LogP contribution in [0.1, 0.15) is 15.9 Å². The molecule has 0 atom stereocenters. The zero-order valence-electron chi connectivity index (χ0n) is 16.6. The highest BCUT2D eigenvalue weighted by Crippen LogP contribution is 2.31. The molecule has 1 amide bonds. The van der Waals surface area contributed by atoms with E-state index in [-0.39, 0.29) is 16.4 Å². The number of aromatic nitrogens is 1. The van der Waals surface area contributed by atoms with Gasteiger partial charge in [0.2, 0.25) is 5.89 Å². The van der Waals surface area contributed by atoms with Gasteiger partial charge in [0.05, 0.1) is 4.92 Å². The van der Waals surface area contributed by atoms with Crippen LogP contribution in [0.2, 0.25) is 5.02 Å². The topological polar surface area (TPSA) is 110 Å². The van der Waals surface area contributed by atoms with E-state index in [0.29, 0.717) is 27.7 Å². The number of anilines is 1. The maximum absolute atomic E-state index is 12.5. The van der Waals surface area contributed by atoms with E-state index in [1.807, 2.05) is 13.0 Å². The average Bonchev–Trinajstić information content (AvgIpc) is 3.18. The maximum Gasteiger partial charge on any atom is 0.282 e. The predicted molar refractivity (Wildman–Crippen MR) is 126 cm³/mol. The van der Waals surface area contributed by atoms with Crippen LogP contribution >= 0.6 is 23.8 Å². The highest BCUT2D eigenvalue weighted by atomic mass is 35.5. The molecule has 8 nitrogen and oxygen atoms in total. The van der Waals surface area contributed by atoms with Gasteiger partial charge in [-0.2, -0.15) is 0 Å². The van der Waals surface area contributed by atoms with Crippen LogP contribution in [0, 0.1) is 17.0 Å². The first-order valence-corrected chi connectivity index (χ1v) is 10.1. The van der Waals surface area contributed by atoms with Crippen LogP contribution in [0.4, 0.5) is 11.4 Å². The summed E-state index contributed by atoms with van der Waals surface area (Å²) in [6, 6.07) is 16.3. The number of para-hydroxylation sites is 1. The number of nitro groups is 1. The molecule has 1 aromatic heterocycles. The van der Waals surface area contributed by atoms with Gasteiger partial charge in [0.1, 0.15) is 11.1 Å². The number of rotatable bonds is 4. The maximum atomic E-state index is 12.5. The first-order chi connectivity index (χ1) is 15.3. The van der Waals surface area contributed by atoms with Crippen LogP contribution in [0.25, 0.3) is 22.6 Å². The molecule has 3 aromatic carbocycles. The molecule has 1 heterocycles. The van der Waals surface area contributed by atoms with Crippen molar-refractivity contribution in [1.29, 1.82) is 0 Å². The van der Waals surface area contributed by atoms with Crippen molar-refractivity contribution in [1.82, 2.24) is 10.3 Å². The summed E-state index contributed by atoms with van der Waals surface area (Å²) in [5.74, 6) is -0.266. The molecule has 0 aliphatic carbocycles. The second-order valence-electron chi connectivity index (χ2n) is 6.79. The van der Waals surface area contributed by atoms with Crippen LogP contribution in [-0.2, 0) is 0 Å². The van der Waals surface area contributed by atoms with Crippen LogP contribution in [0.15, 0.2) is 65.1 Å². The van der Waals surface area contributed by atoms with Crippen molar-refractivity contribution in [3.05, 3.63) is 86.9 Å². The molecular formula is C22H15ClN4O4S. The summed E-state index contributed by atoms with van der Waals surface area (Å²) in [5, 5.41) is 17.1. The lowest BCUT2D eigenvalue weighted by Crippen LogP contribution is -2.34. The molecule has 2 N–H and O–H groups in total. The number of nitrogens with one attached hydrogen (secondary N) is 2. The molecule has 0 aliphatic rings. The summed E-state index contributed by atoms with van der Waals surface area (Å²) in [6.45, 7) is 1.85. The van der Waals surface area contributed by atoms with Crippen molar-refractivity contribution in [2.45, 2.75) is 6.92 Å². The summed E-state index contributed by atoms with van der Waals surface area (Å²) >= 11 is 11.3. The first kappa shape index (κ1) is 21.4. The Bertz CT molecular complexity index is 1390. The van der Waals surface area contributed by atoms with Gasteiger partial charge in [0.15, 0.2) is 10.7 Å². The minimum Gasteiger partial charge on any atom is -0.436 e. The Morgan fingerprint density at radius 2 is 1.94 bits per heavy atom. The number of halogens is 1. The van der Waals surface area contributed by atoms with E-state index in [0.717, 1.165) is 11.1 Å². The number of carbonyl (C=O) groups is 1. The summed E-state index contributed by atoms with van der Waals surface area (Å²) in [7, 11) is 0. The van der Waals surface area contributed by atoms with E-state index in [1.165, 1.54) is 18.2 Å². The minimum atomic E-state index is -0.681. The molecule has 0 spiro atoms. The SMILES string of the molecule is Cc1c(NC(=S)NC(=O)c2ccccc2[N+](=O)[O-])cccc1-c1nc2cc(Cl)ccc2o1. The number of hydrogen-bond acceptors (Lipinski definition) is 6. The summed E-state index contributed by atoms with van der Waals surface area (Å²) in [4.78, 5) is 27.5. The molecule has 4 aromatic rings. The lowest BCUT2D eigenvalue weighted by atomic mass is 10.1. The van der Waals surface area contributed by atoms with Crippen molar-refractivity contribution in [2.75, 3.05) is 5.32 Å². The smallest absolute Gasteiger partial charge is 0.282 e. The fraction of sp³-hybridized carbons (Fsp3) is 0.0455. The van der Waals surface area contributed by atoms with Gasteiger partial charge in [-0.05, 0) is 61.1 Å². The second kappa shape index (κ2) is 8.74. The Morgan fingerprint density at radius 1 is 1.16 bits per heavy atom. The zero-order valence-corrected chi connectivity index (χ0v) is 18.2. The third-order valence-corrected chi connectivity index (χ3v) is 5.17. The fourth-order valence-electron chi connectivity index (χ4n) is 3.17. The van der Waals surface area contributed by atoms with Gasteiger partial charge in [-0.25, -0.2) is 4.98 Å². The van der Waals surface area contributed by atoms with E-state index in [1.54, 1.807) is 36.4 Å². The lowest BCUT2D eigenvalue weighted by Gasteiger charge is -2.13. The van der Waals surface area contributed by atoms with Crippen LogP contribution in [0.3, 0.4) is 0 Å². The number of fused-ring (bicyclic) bond motifs is 1. The summed E-state index contributed by atoms with van der Waals surface area (Å²) in [6.07, 6.45) is 0. The standard InChI is InChI=1S/C22H15ClN4O4S/c1-12-14(21-24-17-11-13(23)9-10-19(17)31-21)6-4-7-16(12)25-22(32)26-20(28)15-5-2-3-8-18(15)27(29)30/h2-11H,1H3,(H2,25,26,28,32). The highest BCUT2D eigenvalue weighted by Gasteiger charge is 2.20. The monoisotopic (exact) mass is 466 g/mol. The number of thiocarbonyl (C=S) groups is 1. The Morgan fingerprint density at radius 3 is 2.72 bits per heavy atom. The van der Waals surface area contributed by atoms with Crippen molar-refractivity contribution < 1.29 is 14.1 Å². The Hall–Kier alpha value is -3.82. The van der Waals surface area contributed by atoms with E-state index in [2.05, 4.69) is 15.6 Å². The highest BCUT2D eigenvalue weighted by molar-refractivity contribution is 7.80. The first-order valence-electron chi connectivity index (χ1n) is 9.35. The third-order valence-electron chi connectivity index (χ3n) is 4.73. The molecule has 0 radical (unpaired) electrons. The van der Waals surface area contributed by atoms with Gasteiger partial charge in [0, 0.05) is 22.3 Å². The molecular weight excluding hydrogens is 452 g/mol. The van der Waals surface area contributed by atoms with Crippen molar-refractivity contribution in [3.8, 4) is 11.5 Å². The number of nitro benzene ring substituents is 1. The van der Waals surface area contributed by atoms with Gasteiger partial charge in [-0.1, -0.05) is 29.8 Å². The van der Waals surface area contributed by atoms with Gasteiger partial charge in [0.25, 0.3) is 11.6 Å². The van der Waals surface area contributed by atoms with Crippen molar-refractivity contribution >= 4 is 57.3 Å². The lowest BCUT2D eigenvalue weighted by molar-refractivity contribution is -0.385. The third kappa shape index (κ3) is 4.29. The molecule has 160 valence electrons. The number of benzene rings is 3. The van der Waals surface area contributed by atoms with Crippen LogP contribution in [-0.4, -0.2) is 20.9 Å². The molecule has 0 saturated carbocycles. The van der Waals surface area contributed by atoms with E-state index in [9.17, 15) is 14.9 Å². The normalized spacial score (nSPS) is 10.7. The van der Waals surface area contributed by atoms with Crippen LogP contribution < -0.4 is 10.6 Å². The number of carbonyl (C=O) groups excluding carboxylic acids is 1. The molecule has 0 bridgehead atoms. The Labute approximate surface area is 192 Å². The number of oxazole rings is 1.